The van der Waals surface area contributed by atoms with Gasteiger partial charge in [-0.25, -0.2) is 8.78 Å². The Labute approximate surface area is 132 Å². The number of nitrogens with one attached hydrogen (secondary N) is 1. The van der Waals surface area contributed by atoms with Gasteiger partial charge in [0, 0.05) is 10.6 Å². The Morgan fingerprint density at radius 3 is 2.14 bits per heavy atom. The monoisotopic (exact) mass is 317 g/mol. The third-order valence-electron chi connectivity index (χ3n) is 3.62. The van der Waals surface area contributed by atoms with E-state index in [9.17, 15) is 8.78 Å². The minimum Gasteiger partial charge on any atom is -0.312 e. The van der Waals surface area contributed by atoms with E-state index in [-0.39, 0.29) is 11.0 Å². The van der Waals surface area contributed by atoms with Gasteiger partial charge in [-0.2, -0.15) is 0 Å². The summed E-state index contributed by atoms with van der Waals surface area (Å²) in [7, 11) is 0. The predicted molar refractivity (Wildman–Crippen MR) is 85.8 cm³/mol. The first-order chi connectivity index (χ1) is 9.50. The molecule has 1 rings (SSSR count). The summed E-state index contributed by atoms with van der Waals surface area (Å²) in [5.74, 6) is -1.72. The molecule has 1 nitrogen and oxygen atoms in total. The van der Waals surface area contributed by atoms with Crippen LogP contribution in [0.2, 0.25) is 5.02 Å². The maximum atomic E-state index is 13.3. The summed E-state index contributed by atoms with van der Waals surface area (Å²) in [6, 6.07) is 2.27. The minimum atomic E-state index is -0.891. The Morgan fingerprint density at radius 2 is 1.57 bits per heavy atom. The molecule has 1 aromatic rings. The highest BCUT2D eigenvalue weighted by Gasteiger charge is 2.20. The van der Waals surface area contributed by atoms with Crippen LogP contribution < -0.4 is 5.32 Å². The molecule has 0 saturated heterocycles. The fourth-order valence-electron chi connectivity index (χ4n) is 2.13. The molecule has 21 heavy (non-hydrogen) atoms. The summed E-state index contributed by atoms with van der Waals surface area (Å²) in [4.78, 5) is 0. The quantitative estimate of drug-likeness (QED) is 0.697. The van der Waals surface area contributed by atoms with Crippen molar-refractivity contribution in [3.63, 3.8) is 0 Å². The van der Waals surface area contributed by atoms with Crippen molar-refractivity contribution in [1.29, 1.82) is 0 Å². The third kappa shape index (κ3) is 6.75. The normalized spacial score (nSPS) is 12.8. The number of rotatable bonds is 6. The second kappa shape index (κ2) is 7.06. The number of aryl methyl sites for hydroxylation is 1. The van der Waals surface area contributed by atoms with Crippen LogP contribution in [0.4, 0.5) is 8.78 Å². The maximum Gasteiger partial charge on any atom is 0.160 e. The second-order valence-electron chi connectivity index (χ2n) is 7.45. The summed E-state index contributed by atoms with van der Waals surface area (Å²) in [5.41, 5.74) is 0.902. The molecular formula is C17H26ClF2N. The van der Waals surface area contributed by atoms with Crippen molar-refractivity contribution < 1.29 is 8.78 Å². The van der Waals surface area contributed by atoms with Crippen LogP contribution in [0, 0.1) is 17.0 Å². The average molecular weight is 318 g/mol. The lowest BCUT2D eigenvalue weighted by atomic mass is 9.83. The fourth-order valence-corrected chi connectivity index (χ4v) is 2.37. The van der Waals surface area contributed by atoms with E-state index in [0.29, 0.717) is 17.0 Å². The van der Waals surface area contributed by atoms with E-state index >= 15 is 0 Å². The molecule has 1 aromatic carbocycles. The number of benzene rings is 1. The molecule has 0 radical (unpaired) electrons. The zero-order chi connectivity index (χ0) is 16.3. The average Bonchev–Trinajstić information content (AvgIpc) is 2.30. The van der Waals surface area contributed by atoms with Crippen LogP contribution in [0.1, 0.15) is 53.0 Å². The van der Waals surface area contributed by atoms with Crippen LogP contribution in [0.15, 0.2) is 12.1 Å². The lowest BCUT2D eigenvalue weighted by Crippen LogP contribution is -2.38. The summed E-state index contributed by atoms with van der Waals surface area (Å²) in [6.07, 6.45) is 2.55. The van der Waals surface area contributed by atoms with Crippen LogP contribution >= 0.6 is 11.6 Å². The van der Waals surface area contributed by atoms with Gasteiger partial charge < -0.3 is 5.32 Å². The number of halogens is 3. The van der Waals surface area contributed by atoms with E-state index in [1.54, 1.807) is 0 Å². The SMILES string of the molecule is CC(C)(CCNC(C)(C)C)CCc1cc(F)c(F)cc1Cl. The van der Waals surface area contributed by atoms with Crippen LogP contribution in [0.5, 0.6) is 0 Å². The van der Waals surface area contributed by atoms with E-state index < -0.39 is 11.6 Å². The molecule has 4 heteroatoms. The van der Waals surface area contributed by atoms with Gasteiger partial charge in [0.15, 0.2) is 11.6 Å². The van der Waals surface area contributed by atoms with Crippen molar-refractivity contribution in [3.8, 4) is 0 Å². The molecular weight excluding hydrogens is 292 g/mol. The molecule has 0 aromatic heterocycles. The highest BCUT2D eigenvalue weighted by Crippen LogP contribution is 2.29. The Balaban J connectivity index is 2.55. The van der Waals surface area contributed by atoms with E-state index in [1.807, 2.05) is 0 Å². The molecule has 0 atom stereocenters. The van der Waals surface area contributed by atoms with Crippen LogP contribution in [-0.2, 0) is 6.42 Å². The van der Waals surface area contributed by atoms with Gasteiger partial charge in [0.05, 0.1) is 0 Å². The minimum absolute atomic E-state index is 0.111. The van der Waals surface area contributed by atoms with E-state index in [2.05, 4.69) is 39.9 Å². The topological polar surface area (TPSA) is 12.0 Å². The molecule has 0 heterocycles. The highest BCUT2D eigenvalue weighted by atomic mass is 35.5. The van der Waals surface area contributed by atoms with Gasteiger partial charge in [0.25, 0.3) is 0 Å². The lowest BCUT2D eigenvalue weighted by molar-refractivity contribution is 0.284. The van der Waals surface area contributed by atoms with Crippen molar-refractivity contribution in [2.24, 2.45) is 5.41 Å². The first-order valence-electron chi connectivity index (χ1n) is 7.39. The zero-order valence-electron chi connectivity index (χ0n) is 13.6. The Morgan fingerprint density at radius 1 is 1.00 bits per heavy atom. The maximum absolute atomic E-state index is 13.3. The lowest BCUT2D eigenvalue weighted by Gasteiger charge is -2.28. The number of hydrogen-bond donors (Lipinski definition) is 1. The molecule has 0 aliphatic heterocycles. The Hall–Kier alpha value is -0.670. The molecule has 0 spiro atoms. The van der Waals surface area contributed by atoms with Crippen LogP contribution in [0.25, 0.3) is 0 Å². The molecule has 1 N–H and O–H groups in total. The van der Waals surface area contributed by atoms with Gasteiger partial charge in [-0.15, -0.1) is 0 Å². The third-order valence-corrected chi connectivity index (χ3v) is 3.97. The molecule has 0 fully saturated rings. The van der Waals surface area contributed by atoms with Gasteiger partial charge in [-0.1, -0.05) is 25.4 Å². The Bertz CT molecular complexity index is 478. The Kier molecular flexibility index (Phi) is 6.18. The van der Waals surface area contributed by atoms with E-state index in [0.717, 1.165) is 25.5 Å². The van der Waals surface area contributed by atoms with Crippen molar-refractivity contribution in [2.45, 2.75) is 59.4 Å². The summed E-state index contributed by atoms with van der Waals surface area (Å²) in [5, 5.41) is 3.77. The van der Waals surface area contributed by atoms with Gasteiger partial charge in [0.1, 0.15) is 0 Å². The highest BCUT2D eigenvalue weighted by molar-refractivity contribution is 6.31. The van der Waals surface area contributed by atoms with Crippen molar-refractivity contribution in [1.82, 2.24) is 5.32 Å². The molecule has 0 unspecified atom stereocenters. The van der Waals surface area contributed by atoms with Gasteiger partial charge in [-0.05, 0) is 69.7 Å². The van der Waals surface area contributed by atoms with E-state index in [1.165, 1.54) is 6.07 Å². The predicted octanol–water partition coefficient (Wildman–Crippen LogP) is 5.36. The van der Waals surface area contributed by atoms with Crippen LogP contribution in [0.3, 0.4) is 0 Å². The smallest absolute Gasteiger partial charge is 0.160 e. The van der Waals surface area contributed by atoms with Gasteiger partial charge in [-0.3, -0.25) is 0 Å². The standard InChI is InChI=1S/C17H26ClF2N/c1-16(2,3)21-9-8-17(4,5)7-6-12-10-14(19)15(20)11-13(12)18/h10-11,21H,6-9H2,1-5H3. The van der Waals surface area contributed by atoms with Crippen LogP contribution in [-0.4, -0.2) is 12.1 Å². The van der Waals surface area contributed by atoms with Crippen molar-refractivity contribution in [2.75, 3.05) is 6.54 Å². The van der Waals surface area contributed by atoms with Crippen molar-refractivity contribution in [3.05, 3.63) is 34.4 Å². The fraction of sp³-hybridized carbons (Fsp3) is 0.647. The molecule has 0 aliphatic rings. The largest absolute Gasteiger partial charge is 0.312 e. The molecule has 0 saturated carbocycles. The van der Waals surface area contributed by atoms with Gasteiger partial charge >= 0.3 is 0 Å². The first kappa shape index (κ1) is 18.4. The summed E-state index contributed by atoms with van der Waals surface area (Å²) in [6.45, 7) is 11.7. The first-order valence-corrected chi connectivity index (χ1v) is 7.76. The zero-order valence-corrected chi connectivity index (χ0v) is 14.4. The molecule has 0 bridgehead atoms. The molecule has 120 valence electrons. The summed E-state index contributed by atoms with van der Waals surface area (Å²) >= 11 is 5.98. The van der Waals surface area contributed by atoms with Gasteiger partial charge in [0.2, 0.25) is 0 Å². The number of hydrogen-bond acceptors (Lipinski definition) is 1. The van der Waals surface area contributed by atoms with Crippen molar-refractivity contribution >= 4 is 11.6 Å². The van der Waals surface area contributed by atoms with E-state index in [4.69, 9.17) is 11.6 Å². The summed E-state index contributed by atoms with van der Waals surface area (Å²) < 4.78 is 26.3. The molecule has 0 amide bonds. The molecule has 0 aliphatic carbocycles. The second-order valence-corrected chi connectivity index (χ2v) is 7.86.